The summed E-state index contributed by atoms with van der Waals surface area (Å²) in [5.41, 5.74) is -6.00. The molecule has 1 atom stereocenters. The molecule has 1 heterocycles. The van der Waals surface area contributed by atoms with E-state index >= 15 is 0 Å². The first-order valence-electron chi connectivity index (χ1n) is 11.0. The van der Waals surface area contributed by atoms with Gasteiger partial charge in [-0.15, -0.1) is 0 Å². The zero-order valence-electron chi connectivity index (χ0n) is 19.4. The van der Waals surface area contributed by atoms with Crippen molar-refractivity contribution in [2.45, 2.75) is 56.3 Å². The topological polar surface area (TPSA) is 59.9 Å². The molecule has 0 bridgehead atoms. The van der Waals surface area contributed by atoms with E-state index in [0.29, 0.717) is 18.4 Å². The molecule has 2 aliphatic rings. The first-order chi connectivity index (χ1) is 17.2. The van der Waals surface area contributed by atoms with Crippen molar-refractivity contribution in [1.82, 2.24) is 5.32 Å². The minimum Gasteiger partial charge on any atom is -0.381 e. The van der Waals surface area contributed by atoms with Crippen LogP contribution in [0.4, 0.5) is 30.7 Å². The maximum absolute atomic E-state index is 14.7. The van der Waals surface area contributed by atoms with Gasteiger partial charge >= 0.3 is 12.4 Å². The van der Waals surface area contributed by atoms with E-state index in [0.717, 1.165) is 0 Å². The predicted octanol–water partition coefficient (Wildman–Crippen LogP) is 6.30. The molecule has 1 aliphatic heterocycles. The van der Waals surface area contributed by atoms with E-state index in [4.69, 9.17) is 16.3 Å². The molecule has 4 rings (SSSR count). The maximum Gasteiger partial charge on any atom is 0.435 e. The highest BCUT2D eigenvalue weighted by Gasteiger charge is 2.64. The lowest BCUT2D eigenvalue weighted by molar-refractivity contribution is -0.276. The molecule has 0 aromatic heterocycles. The number of nitrogens with zero attached hydrogens (tertiary/aromatic N) is 1. The molecule has 200 valence electrons. The summed E-state index contributed by atoms with van der Waals surface area (Å²) >= 11 is 5.52. The van der Waals surface area contributed by atoms with Crippen molar-refractivity contribution in [3.8, 4) is 0 Å². The second kappa shape index (κ2) is 9.46. The molecule has 37 heavy (non-hydrogen) atoms. The van der Waals surface area contributed by atoms with Gasteiger partial charge in [-0.1, -0.05) is 22.8 Å². The van der Waals surface area contributed by atoms with E-state index in [2.05, 4.69) is 15.3 Å². The molecule has 1 unspecified atom stereocenters. The summed E-state index contributed by atoms with van der Waals surface area (Å²) in [5, 5.41) is 5.16. The first-order valence-corrected chi connectivity index (χ1v) is 11.4. The Bertz CT molecular complexity index is 1260. The molecule has 1 fully saturated rings. The Morgan fingerprint density at radius 2 is 1.84 bits per heavy atom. The van der Waals surface area contributed by atoms with Gasteiger partial charge in [0.2, 0.25) is 0 Å². The standard InChI is InChI=1S/C24H20ClF7N2O3/c1-11-5-12(3-4-16(11)21(35)33-14-8-15(9-14)36-2)19-10-22(37-34-19,24(30,31)32)17-6-13(23(27,28)29)7-18(25)20(17)26/h3-7,14-15H,8-10H2,1-2H3,(H,33,35). The normalized spacial score (nSPS) is 23.8. The van der Waals surface area contributed by atoms with E-state index < -0.39 is 46.3 Å². The average Bonchev–Trinajstić information content (AvgIpc) is 3.23. The number of rotatable bonds is 5. The number of hydrogen-bond donors (Lipinski definition) is 1. The molecule has 2 aromatic carbocycles. The van der Waals surface area contributed by atoms with Crippen molar-refractivity contribution in [3.05, 3.63) is 69.0 Å². The van der Waals surface area contributed by atoms with Gasteiger partial charge in [0.15, 0.2) is 0 Å². The molecule has 1 N–H and O–H groups in total. The highest BCUT2D eigenvalue weighted by Crippen LogP contribution is 2.51. The quantitative estimate of drug-likeness (QED) is 0.443. The largest absolute Gasteiger partial charge is 0.435 e. The summed E-state index contributed by atoms with van der Waals surface area (Å²) in [5.74, 6) is -2.07. The number of hydrogen-bond acceptors (Lipinski definition) is 4. The summed E-state index contributed by atoms with van der Waals surface area (Å²) < 4.78 is 102. The molecule has 0 saturated heterocycles. The zero-order valence-corrected chi connectivity index (χ0v) is 20.1. The third-order valence-corrected chi connectivity index (χ3v) is 6.82. The fourth-order valence-electron chi connectivity index (χ4n) is 4.32. The van der Waals surface area contributed by atoms with Crippen LogP contribution in [0.15, 0.2) is 35.5 Å². The maximum atomic E-state index is 14.7. The lowest BCUT2D eigenvalue weighted by Crippen LogP contribution is -2.47. The third kappa shape index (κ3) is 5.00. The van der Waals surface area contributed by atoms with Crippen molar-refractivity contribution >= 4 is 23.2 Å². The van der Waals surface area contributed by atoms with Crippen molar-refractivity contribution in [2.24, 2.45) is 5.16 Å². The number of oxime groups is 1. The lowest BCUT2D eigenvalue weighted by atomic mass is 9.85. The summed E-state index contributed by atoms with van der Waals surface area (Å²) in [6, 6.07) is 4.30. The van der Waals surface area contributed by atoms with Gasteiger partial charge in [0.1, 0.15) is 5.82 Å². The van der Waals surface area contributed by atoms with Crippen LogP contribution >= 0.6 is 11.6 Å². The van der Waals surface area contributed by atoms with Gasteiger partial charge in [-0.3, -0.25) is 4.79 Å². The van der Waals surface area contributed by atoms with Crippen LogP contribution in [0.3, 0.4) is 0 Å². The summed E-state index contributed by atoms with van der Waals surface area (Å²) in [6.45, 7) is 1.57. The van der Waals surface area contributed by atoms with E-state index in [9.17, 15) is 35.5 Å². The number of aryl methyl sites for hydroxylation is 1. The van der Waals surface area contributed by atoms with Crippen LogP contribution in [0.1, 0.15) is 51.9 Å². The Kier molecular flexibility index (Phi) is 6.95. The monoisotopic (exact) mass is 552 g/mol. The smallest absolute Gasteiger partial charge is 0.381 e. The van der Waals surface area contributed by atoms with Crippen LogP contribution < -0.4 is 5.32 Å². The second-order valence-electron chi connectivity index (χ2n) is 8.98. The molecule has 13 heteroatoms. The molecule has 1 saturated carbocycles. The Labute approximate surface area is 211 Å². The van der Waals surface area contributed by atoms with E-state index in [-0.39, 0.29) is 47.0 Å². The van der Waals surface area contributed by atoms with Crippen LogP contribution in [-0.2, 0) is 21.4 Å². The van der Waals surface area contributed by atoms with Gasteiger partial charge < -0.3 is 14.9 Å². The number of nitrogens with one attached hydrogen (secondary N) is 1. The summed E-state index contributed by atoms with van der Waals surface area (Å²) in [7, 11) is 1.57. The fraction of sp³-hybridized carbons (Fsp3) is 0.417. The second-order valence-corrected chi connectivity index (χ2v) is 9.38. The summed E-state index contributed by atoms with van der Waals surface area (Å²) in [6.07, 6.45) is -10.2. The predicted molar refractivity (Wildman–Crippen MR) is 119 cm³/mol. The van der Waals surface area contributed by atoms with E-state index in [1.165, 1.54) is 18.2 Å². The van der Waals surface area contributed by atoms with Crippen molar-refractivity contribution < 1.29 is 45.1 Å². The molecule has 0 radical (unpaired) electrons. The van der Waals surface area contributed by atoms with Gasteiger partial charge in [0.05, 0.1) is 28.8 Å². The number of carbonyl (C=O) groups excluding carboxylic acids is 1. The number of ether oxygens (including phenoxy) is 1. The number of methoxy groups -OCH3 is 1. The Hall–Kier alpha value is -2.86. The van der Waals surface area contributed by atoms with Crippen molar-refractivity contribution in [1.29, 1.82) is 0 Å². The minimum absolute atomic E-state index is 0.0282. The number of benzene rings is 2. The zero-order chi connectivity index (χ0) is 27.3. The Balaban J connectivity index is 1.62. The number of carbonyl (C=O) groups is 1. The molecule has 0 spiro atoms. The highest BCUT2D eigenvalue weighted by molar-refractivity contribution is 6.30. The Morgan fingerprint density at radius 1 is 1.16 bits per heavy atom. The summed E-state index contributed by atoms with van der Waals surface area (Å²) in [4.78, 5) is 17.3. The average molecular weight is 553 g/mol. The van der Waals surface area contributed by atoms with Crippen LogP contribution in [0.5, 0.6) is 0 Å². The van der Waals surface area contributed by atoms with Gasteiger partial charge in [0, 0.05) is 24.3 Å². The first kappa shape index (κ1) is 27.2. The van der Waals surface area contributed by atoms with Gasteiger partial charge in [0.25, 0.3) is 11.5 Å². The molecule has 1 aliphatic carbocycles. The van der Waals surface area contributed by atoms with Crippen LogP contribution in [-0.4, -0.2) is 37.1 Å². The third-order valence-electron chi connectivity index (χ3n) is 6.54. The lowest BCUT2D eigenvalue weighted by Gasteiger charge is -2.34. The van der Waals surface area contributed by atoms with E-state index in [1.54, 1.807) is 14.0 Å². The van der Waals surface area contributed by atoms with Crippen molar-refractivity contribution in [2.75, 3.05) is 7.11 Å². The van der Waals surface area contributed by atoms with Crippen LogP contribution in [0, 0.1) is 12.7 Å². The molecule has 5 nitrogen and oxygen atoms in total. The van der Waals surface area contributed by atoms with Gasteiger partial charge in [-0.05, 0) is 55.2 Å². The van der Waals surface area contributed by atoms with Crippen LogP contribution in [0.25, 0.3) is 0 Å². The number of halogens is 8. The van der Waals surface area contributed by atoms with E-state index in [1.807, 2.05) is 0 Å². The molecular weight excluding hydrogens is 533 g/mol. The minimum atomic E-state index is -5.36. The number of alkyl halides is 6. The fourth-order valence-corrected chi connectivity index (χ4v) is 4.54. The SMILES string of the molecule is COC1CC(NC(=O)c2ccc(C3=NOC(c4cc(C(F)(F)F)cc(Cl)c4F)(C(F)(F)F)C3)cc2C)C1. The van der Waals surface area contributed by atoms with Crippen molar-refractivity contribution in [3.63, 3.8) is 0 Å². The Morgan fingerprint density at radius 3 is 2.41 bits per heavy atom. The van der Waals surface area contributed by atoms with Gasteiger partial charge in [-0.25, -0.2) is 4.39 Å². The highest BCUT2D eigenvalue weighted by atomic mass is 35.5. The molecule has 2 aromatic rings. The number of amides is 1. The van der Waals surface area contributed by atoms with Gasteiger partial charge in [-0.2, -0.15) is 26.3 Å². The molecular formula is C24H20ClF7N2O3. The molecule has 1 amide bonds. The van der Waals surface area contributed by atoms with Crippen LogP contribution in [0.2, 0.25) is 5.02 Å².